The molecular weight excluding hydrogens is 192 g/mol. The van der Waals surface area contributed by atoms with Crippen LogP contribution in [0.3, 0.4) is 0 Å². The van der Waals surface area contributed by atoms with E-state index in [2.05, 4.69) is 11.5 Å². The average Bonchev–Trinajstić information content (AvgIpc) is 2.17. The van der Waals surface area contributed by atoms with Crippen molar-refractivity contribution in [2.45, 2.75) is 53.1 Å². The SMILES string of the molecule is CCC(C#N)(CC)C(=O)NOC(C)(C)C. The van der Waals surface area contributed by atoms with Gasteiger partial charge in [-0.05, 0) is 33.6 Å². The molecule has 4 nitrogen and oxygen atoms in total. The summed E-state index contributed by atoms with van der Waals surface area (Å²) in [6.07, 6.45) is 0.971. The maximum atomic E-state index is 11.7. The predicted octanol–water partition coefficient (Wildman–Crippen LogP) is 2.16. The number of hydrogen-bond acceptors (Lipinski definition) is 3. The number of carbonyl (C=O) groups is 1. The molecule has 15 heavy (non-hydrogen) atoms. The third kappa shape index (κ3) is 3.88. The molecule has 0 aromatic carbocycles. The number of nitrogens with zero attached hydrogens (tertiary/aromatic N) is 1. The van der Waals surface area contributed by atoms with Gasteiger partial charge in [0.2, 0.25) is 0 Å². The number of carbonyl (C=O) groups excluding carboxylic acids is 1. The summed E-state index contributed by atoms with van der Waals surface area (Å²) in [6, 6.07) is 2.06. The van der Waals surface area contributed by atoms with Crippen LogP contribution in [0.15, 0.2) is 0 Å². The van der Waals surface area contributed by atoms with Gasteiger partial charge in [-0.25, -0.2) is 5.48 Å². The van der Waals surface area contributed by atoms with Crippen LogP contribution in [0.2, 0.25) is 0 Å². The average molecular weight is 212 g/mol. The number of amides is 1. The first-order valence-corrected chi connectivity index (χ1v) is 5.21. The number of nitrogens with one attached hydrogen (secondary N) is 1. The minimum atomic E-state index is -0.967. The molecule has 0 radical (unpaired) electrons. The van der Waals surface area contributed by atoms with Crippen LogP contribution in [-0.2, 0) is 9.63 Å². The van der Waals surface area contributed by atoms with E-state index in [1.54, 1.807) is 0 Å². The summed E-state index contributed by atoms with van der Waals surface area (Å²) in [5.41, 5.74) is 0.942. The Kier molecular flexibility index (Phi) is 4.76. The summed E-state index contributed by atoms with van der Waals surface area (Å²) in [4.78, 5) is 16.9. The second-order valence-electron chi connectivity index (χ2n) is 4.55. The lowest BCUT2D eigenvalue weighted by Crippen LogP contribution is -2.42. The van der Waals surface area contributed by atoms with Gasteiger partial charge in [-0.15, -0.1) is 0 Å². The third-order valence-electron chi connectivity index (χ3n) is 2.31. The zero-order valence-corrected chi connectivity index (χ0v) is 10.2. The summed E-state index contributed by atoms with van der Waals surface area (Å²) in [5.74, 6) is -0.357. The number of nitriles is 1. The largest absolute Gasteiger partial charge is 0.271 e. The molecule has 0 fully saturated rings. The molecule has 0 saturated heterocycles. The second kappa shape index (κ2) is 5.13. The van der Waals surface area contributed by atoms with Gasteiger partial charge in [-0.1, -0.05) is 13.8 Å². The van der Waals surface area contributed by atoms with Crippen molar-refractivity contribution in [2.75, 3.05) is 0 Å². The monoisotopic (exact) mass is 212 g/mol. The molecule has 0 atom stereocenters. The maximum Gasteiger partial charge on any atom is 0.263 e. The molecule has 0 bridgehead atoms. The van der Waals surface area contributed by atoms with Crippen molar-refractivity contribution in [1.29, 1.82) is 5.26 Å². The highest BCUT2D eigenvalue weighted by molar-refractivity contribution is 5.84. The number of hydroxylamine groups is 1. The van der Waals surface area contributed by atoms with Crippen molar-refractivity contribution >= 4 is 5.91 Å². The lowest BCUT2D eigenvalue weighted by atomic mass is 9.83. The van der Waals surface area contributed by atoms with E-state index < -0.39 is 11.0 Å². The molecule has 0 aromatic rings. The van der Waals surface area contributed by atoms with Crippen molar-refractivity contribution in [1.82, 2.24) is 5.48 Å². The van der Waals surface area contributed by atoms with Crippen LogP contribution < -0.4 is 5.48 Å². The zero-order chi connectivity index (χ0) is 12.1. The van der Waals surface area contributed by atoms with Crippen LogP contribution in [0.4, 0.5) is 0 Å². The van der Waals surface area contributed by atoms with Crippen molar-refractivity contribution in [3.05, 3.63) is 0 Å². The van der Waals surface area contributed by atoms with Crippen LogP contribution in [0, 0.1) is 16.7 Å². The molecule has 0 aliphatic heterocycles. The van der Waals surface area contributed by atoms with Crippen molar-refractivity contribution in [2.24, 2.45) is 5.41 Å². The van der Waals surface area contributed by atoms with E-state index in [0.717, 1.165) is 0 Å². The Morgan fingerprint density at radius 1 is 1.33 bits per heavy atom. The lowest BCUT2D eigenvalue weighted by molar-refractivity contribution is -0.153. The molecule has 1 N–H and O–H groups in total. The molecule has 0 aliphatic carbocycles. The third-order valence-corrected chi connectivity index (χ3v) is 2.31. The highest BCUT2D eigenvalue weighted by atomic mass is 16.7. The van der Waals surface area contributed by atoms with Crippen molar-refractivity contribution < 1.29 is 9.63 Å². The van der Waals surface area contributed by atoms with Crippen LogP contribution in [0.5, 0.6) is 0 Å². The van der Waals surface area contributed by atoms with E-state index in [1.165, 1.54) is 0 Å². The molecule has 86 valence electrons. The second-order valence-corrected chi connectivity index (χ2v) is 4.55. The van der Waals surface area contributed by atoms with Gasteiger partial charge in [-0.3, -0.25) is 9.63 Å². The van der Waals surface area contributed by atoms with E-state index in [0.29, 0.717) is 12.8 Å². The first-order chi connectivity index (χ1) is 6.81. The molecule has 0 saturated carbocycles. The van der Waals surface area contributed by atoms with E-state index in [-0.39, 0.29) is 5.91 Å². The van der Waals surface area contributed by atoms with Gasteiger partial charge in [0, 0.05) is 0 Å². The van der Waals surface area contributed by atoms with Gasteiger partial charge in [0.05, 0.1) is 11.7 Å². The Morgan fingerprint density at radius 3 is 2.07 bits per heavy atom. The van der Waals surface area contributed by atoms with Gasteiger partial charge in [0.1, 0.15) is 5.41 Å². The van der Waals surface area contributed by atoms with Gasteiger partial charge in [-0.2, -0.15) is 5.26 Å². The minimum absolute atomic E-state index is 0.357. The zero-order valence-electron chi connectivity index (χ0n) is 10.2. The molecule has 0 aromatic heterocycles. The fraction of sp³-hybridized carbons (Fsp3) is 0.818. The van der Waals surface area contributed by atoms with Gasteiger partial charge in [0.15, 0.2) is 0 Å². The fourth-order valence-electron chi connectivity index (χ4n) is 1.08. The molecule has 1 amide bonds. The van der Waals surface area contributed by atoms with Crippen molar-refractivity contribution in [3.63, 3.8) is 0 Å². The first-order valence-electron chi connectivity index (χ1n) is 5.21. The van der Waals surface area contributed by atoms with E-state index in [4.69, 9.17) is 10.1 Å². The summed E-state index contributed by atoms with van der Waals surface area (Å²) in [6.45, 7) is 9.14. The molecule has 4 heteroatoms. The molecule has 0 rings (SSSR count). The first kappa shape index (κ1) is 13.9. The predicted molar refractivity (Wildman–Crippen MR) is 57.6 cm³/mol. The van der Waals surface area contributed by atoms with E-state index in [9.17, 15) is 4.79 Å². The van der Waals surface area contributed by atoms with Crippen LogP contribution in [0.1, 0.15) is 47.5 Å². The molecular formula is C11H20N2O2. The molecule has 0 unspecified atom stereocenters. The Bertz CT molecular complexity index is 257. The molecule has 0 heterocycles. The number of rotatable bonds is 4. The Balaban J connectivity index is 4.50. The smallest absolute Gasteiger partial charge is 0.263 e. The number of hydrogen-bond donors (Lipinski definition) is 1. The van der Waals surface area contributed by atoms with E-state index in [1.807, 2.05) is 34.6 Å². The molecule has 0 aliphatic rings. The Morgan fingerprint density at radius 2 is 1.80 bits per heavy atom. The van der Waals surface area contributed by atoms with Crippen LogP contribution in [0.25, 0.3) is 0 Å². The van der Waals surface area contributed by atoms with E-state index >= 15 is 0 Å². The summed E-state index contributed by atoms with van der Waals surface area (Å²) in [5, 5.41) is 9.01. The lowest BCUT2D eigenvalue weighted by Gasteiger charge is -2.25. The highest BCUT2D eigenvalue weighted by Gasteiger charge is 2.35. The quantitative estimate of drug-likeness (QED) is 0.726. The van der Waals surface area contributed by atoms with Crippen molar-refractivity contribution in [3.8, 4) is 6.07 Å². The Hall–Kier alpha value is -1.08. The maximum absolute atomic E-state index is 11.7. The van der Waals surface area contributed by atoms with Crippen LogP contribution >= 0.6 is 0 Å². The van der Waals surface area contributed by atoms with Gasteiger partial charge in [0.25, 0.3) is 5.91 Å². The summed E-state index contributed by atoms with van der Waals surface area (Å²) >= 11 is 0. The molecule has 0 spiro atoms. The highest BCUT2D eigenvalue weighted by Crippen LogP contribution is 2.25. The standard InChI is InChI=1S/C11H20N2O2/c1-6-11(7-2,8-12)9(14)13-15-10(3,4)5/h6-7H2,1-5H3,(H,13,14). The van der Waals surface area contributed by atoms with Gasteiger partial charge >= 0.3 is 0 Å². The normalized spacial score (nSPS) is 12.0. The minimum Gasteiger partial charge on any atom is -0.271 e. The summed E-state index contributed by atoms with van der Waals surface area (Å²) < 4.78 is 0. The topological polar surface area (TPSA) is 62.1 Å². The summed E-state index contributed by atoms with van der Waals surface area (Å²) in [7, 11) is 0. The Labute approximate surface area is 91.6 Å². The van der Waals surface area contributed by atoms with Crippen LogP contribution in [-0.4, -0.2) is 11.5 Å². The fourth-order valence-corrected chi connectivity index (χ4v) is 1.08. The van der Waals surface area contributed by atoms with Gasteiger partial charge < -0.3 is 0 Å².